The first-order chi connectivity index (χ1) is 13.0. The highest BCUT2D eigenvalue weighted by atomic mass is 32.1. The normalized spacial score (nSPS) is 19.9. The Labute approximate surface area is 159 Å². The van der Waals surface area contributed by atoms with Crippen molar-refractivity contribution in [3.8, 4) is 11.4 Å². The minimum absolute atomic E-state index is 0.160. The molecule has 9 heteroatoms. The summed E-state index contributed by atoms with van der Waals surface area (Å²) < 4.78 is 0. The van der Waals surface area contributed by atoms with E-state index in [2.05, 4.69) is 25.6 Å². The average Bonchev–Trinajstić information content (AvgIpc) is 3.22. The Kier molecular flexibility index (Phi) is 4.71. The van der Waals surface area contributed by atoms with E-state index in [9.17, 15) is 14.7 Å². The number of aliphatic hydroxyl groups is 1. The number of rotatable bonds is 4. The zero-order chi connectivity index (χ0) is 19.0. The predicted octanol–water partition coefficient (Wildman–Crippen LogP) is 2.05. The lowest BCUT2D eigenvalue weighted by atomic mass is 9.93. The quantitative estimate of drug-likeness (QED) is 0.469. The predicted molar refractivity (Wildman–Crippen MR) is 105 cm³/mol. The number of aromatic amines is 2. The van der Waals surface area contributed by atoms with Crippen LogP contribution in [0.2, 0.25) is 0 Å². The van der Waals surface area contributed by atoms with Gasteiger partial charge in [0.05, 0.1) is 22.2 Å². The van der Waals surface area contributed by atoms with Crippen LogP contribution in [0.1, 0.15) is 35.4 Å². The van der Waals surface area contributed by atoms with Gasteiger partial charge in [-0.3, -0.25) is 9.59 Å². The molecular formula is C18H21N5O3S. The molecule has 1 amide bonds. The molecule has 5 N–H and O–H groups in total. The van der Waals surface area contributed by atoms with E-state index >= 15 is 0 Å². The smallest absolute Gasteiger partial charge is 0.261 e. The van der Waals surface area contributed by atoms with Crippen LogP contribution in [-0.2, 0) is 0 Å². The first kappa shape index (κ1) is 17.7. The summed E-state index contributed by atoms with van der Waals surface area (Å²) in [5.74, 6) is 0.312. The summed E-state index contributed by atoms with van der Waals surface area (Å²) in [6, 6.07) is 3.78. The number of hydrogen-bond donors (Lipinski definition) is 5. The van der Waals surface area contributed by atoms with Gasteiger partial charge in [0.2, 0.25) is 0 Å². The summed E-state index contributed by atoms with van der Waals surface area (Å²) in [4.78, 5) is 35.9. The van der Waals surface area contributed by atoms with Crippen molar-refractivity contribution in [2.45, 2.75) is 37.8 Å². The number of nitrogens with zero attached hydrogens (tertiary/aromatic N) is 1. The second kappa shape index (κ2) is 7.16. The Hall–Kier alpha value is -2.65. The number of fused-ring (bicyclic) bond motifs is 1. The van der Waals surface area contributed by atoms with Crippen LogP contribution in [0.25, 0.3) is 21.7 Å². The molecule has 1 saturated carbocycles. The highest BCUT2D eigenvalue weighted by Gasteiger charge is 2.22. The van der Waals surface area contributed by atoms with E-state index in [-0.39, 0.29) is 23.6 Å². The van der Waals surface area contributed by atoms with Crippen LogP contribution in [0.3, 0.4) is 0 Å². The monoisotopic (exact) mass is 387 g/mol. The van der Waals surface area contributed by atoms with Crippen molar-refractivity contribution in [3.05, 3.63) is 33.6 Å². The van der Waals surface area contributed by atoms with Gasteiger partial charge >= 0.3 is 0 Å². The van der Waals surface area contributed by atoms with Crippen LogP contribution in [0.5, 0.6) is 0 Å². The van der Waals surface area contributed by atoms with Crippen molar-refractivity contribution in [2.75, 3.05) is 12.4 Å². The molecule has 1 aliphatic carbocycles. The van der Waals surface area contributed by atoms with Crippen LogP contribution in [0, 0.1) is 0 Å². The van der Waals surface area contributed by atoms with E-state index < -0.39 is 0 Å². The van der Waals surface area contributed by atoms with Gasteiger partial charge in [-0.2, -0.15) is 0 Å². The molecule has 142 valence electrons. The number of carbonyl (C=O) groups excluding carboxylic acids is 1. The summed E-state index contributed by atoms with van der Waals surface area (Å²) in [7, 11) is 1.58. The second-order valence-corrected chi connectivity index (χ2v) is 7.77. The Bertz CT molecular complexity index is 998. The zero-order valence-electron chi connectivity index (χ0n) is 14.8. The first-order valence-corrected chi connectivity index (χ1v) is 9.75. The first-order valence-electron chi connectivity index (χ1n) is 8.93. The van der Waals surface area contributed by atoms with Crippen molar-refractivity contribution in [2.24, 2.45) is 0 Å². The molecule has 3 aromatic rings. The molecule has 0 aromatic carbocycles. The maximum atomic E-state index is 12.5. The summed E-state index contributed by atoms with van der Waals surface area (Å²) in [5, 5.41) is 15.7. The van der Waals surface area contributed by atoms with Gasteiger partial charge in [0.1, 0.15) is 16.2 Å². The van der Waals surface area contributed by atoms with Gasteiger partial charge in [0, 0.05) is 19.3 Å². The Morgan fingerprint density at radius 2 is 2.11 bits per heavy atom. The van der Waals surface area contributed by atoms with Gasteiger partial charge in [0.25, 0.3) is 11.5 Å². The number of anilines is 1. The van der Waals surface area contributed by atoms with Gasteiger partial charge in [-0.25, -0.2) is 4.98 Å². The lowest BCUT2D eigenvalue weighted by Gasteiger charge is -2.27. The molecule has 8 nitrogen and oxygen atoms in total. The van der Waals surface area contributed by atoms with Crippen LogP contribution in [0.15, 0.2) is 23.1 Å². The maximum Gasteiger partial charge on any atom is 0.261 e. The molecule has 4 rings (SSSR count). The fourth-order valence-corrected chi connectivity index (χ4v) is 4.38. The number of thiophene rings is 1. The molecule has 1 aliphatic rings. The Balaban J connectivity index is 1.66. The van der Waals surface area contributed by atoms with E-state index in [0.29, 0.717) is 26.8 Å². The van der Waals surface area contributed by atoms with E-state index in [0.717, 1.165) is 31.2 Å². The van der Waals surface area contributed by atoms with Gasteiger partial charge in [-0.15, -0.1) is 11.3 Å². The highest BCUT2D eigenvalue weighted by Crippen LogP contribution is 2.30. The zero-order valence-corrected chi connectivity index (χ0v) is 15.7. The summed E-state index contributed by atoms with van der Waals surface area (Å²) in [6.45, 7) is 0. The molecule has 0 saturated heterocycles. The van der Waals surface area contributed by atoms with Crippen molar-refractivity contribution < 1.29 is 9.90 Å². The fourth-order valence-electron chi connectivity index (χ4n) is 3.44. The summed E-state index contributed by atoms with van der Waals surface area (Å²) >= 11 is 1.28. The largest absolute Gasteiger partial charge is 0.393 e. The number of aliphatic hydroxyl groups excluding tert-OH is 1. The summed E-state index contributed by atoms with van der Waals surface area (Å²) in [6.07, 6.45) is 4.62. The van der Waals surface area contributed by atoms with Gasteiger partial charge in [-0.05, 0) is 37.8 Å². The van der Waals surface area contributed by atoms with E-state index in [1.807, 2.05) is 6.07 Å². The van der Waals surface area contributed by atoms with E-state index in [1.165, 1.54) is 11.3 Å². The number of hydrogen-bond acceptors (Lipinski definition) is 6. The van der Waals surface area contributed by atoms with Gasteiger partial charge in [-0.1, -0.05) is 0 Å². The Morgan fingerprint density at radius 1 is 1.33 bits per heavy atom. The molecule has 0 radical (unpaired) electrons. The number of aromatic nitrogens is 3. The van der Waals surface area contributed by atoms with Gasteiger partial charge in [0.15, 0.2) is 0 Å². The van der Waals surface area contributed by atoms with Crippen LogP contribution >= 0.6 is 11.3 Å². The third-order valence-corrected chi connectivity index (χ3v) is 5.91. The van der Waals surface area contributed by atoms with Crippen LogP contribution in [-0.4, -0.2) is 45.2 Å². The SMILES string of the molecule is CNC(=O)c1cc2[nH]c(-c3c(NC4CCC(O)CC4)cc[nH]c3=O)nc2s1. The molecule has 0 atom stereocenters. The molecule has 0 spiro atoms. The van der Waals surface area contributed by atoms with Crippen molar-refractivity contribution in [3.63, 3.8) is 0 Å². The van der Waals surface area contributed by atoms with Crippen molar-refractivity contribution >= 4 is 33.3 Å². The Morgan fingerprint density at radius 3 is 2.81 bits per heavy atom. The van der Waals surface area contributed by atoms with E-state index in [1.54, 1.807) is 19.3 Å². The molecular weight excluding hydrogens is 366 g/mol. The minimum atomic E-state index is -0.233. The van der Waals surface area contributed by atoms with E-state index in [4.69, 9.17) is 0 Å². The standard InChI is InChI=1S/C18H21N5O3S/c1-19-16(25)13-8-12-18(27-13)23-15(22-12)14-11(6-7-20-17(14)26)21-9-2-4-10(24)5-3-9/h6-10,24H,2-5H2,1H3,(H,19,25)(H,22,23)(H2,20,21,26). The minimum Gasteiger partial charge on any atom is -0.393 e. The molecule has 27 heavy (non-hydrogen) atoms. The number of pyridine rings is 1. The van der Waals surface area contributed by atoms with Crippen LogP contribution < -0.4 is 16.2 Å². The summed E-state index contributed by atoms with van der Waals surface area (Å²) in [5.41, 5.74) is 1.66. The number of imidazole rings is 1. The number of H-pyrrole nitrogens is 2. The number of carbonyl (C=O) groups is 1. The molecule has 0 bridgehead atoms. The van der Waals surface area contributed by atoms with Crippen molar-refractivity contribution in [1.82, 2.24) is 20.3 Å². The maximum absolute atomic E-state index is 12.5. The topological polar surface area (TPSA) is 123 Å². The lowest BCUT2D eigenvalue weighted by Crippen LogP contribution is -2.29. The van der Waals surface area contributed by atoms with Crippen molar-refractivity contribution in [1.29, 1.82) is 0 Å². The number of nitrogens with one attached hydrogen (secondary N) is 4. The molecule has 3 heterocycles. The number of amides is 1. The lowest BCUT2D eigenvalue weighted by molar-refractivity contribution is 0.0967. The van der Waals surface area contributed by atoms with Gasteiger partial charge < -0.3 is 25.7 Å². The third-order valence-electron chi connectivity index (χ3n) is 4.88. The fraction of sp³-hybridized carbons (Fsp3) is 0.389. The molecule has 0 unspecified atom stereocenters. The molecule has 0 aliphatic heterocycles. The second-order valence-electron chi connectivity index (χ2n) is 6.74. The van der Waals surface area contributed by atoms with Crippen LogP contribution in [0.4, 0.5) is 5.69 Å². The third kappa shape index (κ3) is 3.47. The molecule has 3 aromatic heterocycles. The highest BCUT2D eigenvalue weighted by molar-refractivity contribution is 7.20. The molecule has 1 fully saturated rings. The average molecular weight is 387 g/mol.